The standard InChI is InChI=1S/C12H15FO2/c1-8(2)10(11(13)12(14)15)9-6-4-3-5-7-9/h3-8,10-11H,1-2H3,(H,14,15). The van der Waals surface area contributed by atoms with Gasteiger partial charge >= 0.3 is 5.97 Å². The van der Waals surface area contributed by atoms with E-state index in [1.54, 1.807) is 24.3 Å². The van der Waals surface area contributed by atoms with Crippen LogP contribution in [0.5, 0.6) is 0 Å². The lowest BCUT2D eigenvalue weighted by Crippen LogP contribution is -2.27. The fourth-order valence-electron chi connectivity index (χ4n) is 1.72. The van der Waals surface area contributed by atoms with E-state index in [1.807, 2.05) is 19.9 Å². The minimum absolute atomic E-state index is 0.0431. The van der Waals surface area contributed by atoms with Crippen LogP contribution in [-0.2, 0) is 4.79 Å². The van der Waals surface area contributed by atoms with Crippen LogP contribution in [0.15, 0.2) is 30.3 Å². The maximum atomic E-state index is 13.5. The van der Waals surface area contributed by atoms with Gasteiger partial charge in [-0.15, -0.1) is 0 Å². The van der Waals surface area contributed by atoms with Gasteiger partial charge in [0.2, 0.25) is 6.17 Å². The minimum Gasteiger partial charge on any atom is -0.479 e. The fraction of sp³-hybridized carbons (Fsp3) is 0.417. The van der Waals surface area contributed by atoms with Crippen LogP contribution in [0.2, 0.25) is 0 Å². The fourth-order valence-corrected chi connectivity index (χ4v) is 1.72. The van der Waals surface area contributed by atoms with Crippen molar-refractivity contribution in [2.45, 2.75) is 25.9 Å². The van der Waals surface area contributed by atoms with E-state index in [2.05, 4.69) is 0 Å². The smallest absolute Gasteiger partial charge is 0.338 e. The van der Waals surface area contributed by atoms with Gasteiger partial charge in [0.05, 0.1) is 0 Å². The highest BCUT2D eigenvalue weighted by molar-refractivity contribution is 5.73. The molecule has 0 heterocycles. The van der Waals surface area contributed by atoms with E-state index in [4.69, 9.17) is 5.11 Å². The van der Waals surface area contributed by atoms with Gasteiger partial charge in [-0.25, -0.2) is 9.18 Å². The molecule has 0 amide bonds. The zero-order valence-electron chi connectivity index (χ0n) is 8.85. The molecule has 0 aliphatic heterocycles. The van der Waals surface area contributed by atoms with Crippen molar-refractivity contribution in [3.63, 3.8) is 0 Å². The number of carboxylic acids is 1. The Morgan fingerprint density at radius 1 is 1.27 bits per heavy atom. The van der Waals surface area contributed by atoms with Crippen LogP contribution in [-0.4, -0.2) is 17.2 Å². The third kappa shape index (κ3) is 2.78. The van der Waals surface area contributed by atoms with Crippen molar-refractivity contribution < 1.29 is 14.3 Å². The molecule has 0 bridgehead atoms. The maximum absolute atomic E-state index is 13.5. The number of rotatable bonds is 4. The third-order valence-corrected chi connectivity index (χ3v) is 2.45. The summed E-state index contributed by atoms with van der Waals surface area (Å²) in [4.78, 5) is 10.6. The topological polar surface area (TPSA) is 37.3 Å². The Labute approximate surface area is 88.7 Å². The number of hydrogen-bond donors (Lipinski definition) is 1. The number of carboxylic acid groups (broad SMARTS) is 1. The van der Waals surface area contributed by atoms with E-state index in [9.17, 15) is 9.18 Å². The highest BCUT2D eigenvalue weighted by atomic mass is 19.1. The van der Waals surface area contributed by atoms with Gasteiger partial charge in [-0.2, -0.15) is 0 Å². The Bertz CT molecular complexity index is 322. The molecule has 0 aromatic heterocycles. The first kappa shape index (κ1) is 11.7. The lowest BCUT2D eigenvalue weighted by molar-refractivity contribution is -0.144. The first-order valence-corrected chi connectivity index (χ1v) is 4.96. The number of alkyl halides is 1. The molecule has 0 saturated carbocycles. The number of hydrogen-bond acceptors (Lipinski definition) is 1. The lowest BCUT2D eigenvalue weighted by atomic mass is 9.84. The summed E-state index contributed by atoms with van der Waals surface area (Å²) in [6, 6.07) is 8.94. The number of aliphatic carboxylic acids is 1. The van der Waals surface area contributed by atoms with Gasteiger partial charge in [-0.3, -0.25) is 0 Å². The number of halogens is 1. The van der Waals surface area contributed by atoms with Crippen molar-refractivity contribution in [1.29, 1.82) is 0 Å². The van der Waals surface area contributed by atoms with E-state index >= 15 is 0 Å². The van der Waals surface area contributed by atoms with E-state index in [1.165, 1.54) is 0 Å². The summed E-state index contributed by atoms with van der Waals surface area (Å²) in [6.07, 6.45) is -1.84. The van der Waals surface area contributed by atoms with Gasteiger partial charge in [0.1, 0.15) is 0 Å². The summed E-state index contributed by atoms with van der Waals surface area (Å²) in [5, 5.41) is 8.69. The second kappa shape index (κ2) is 4.91. The molecule has 2 atom stereocenters. The highest BCUT2D eigenvalue weighted by Crippen LogP contribution is 2.29. The molecule has 0 aliphatic rings. The van der Waals surface area contributed by atoms with Crippen molar-refractivity contribution in [2.24, 2.45) is 5.92 Å². The molecule has 15 heavy (non-hydrogen) atoms. The maximum Gasteiger partial charge on any atom is 0.338 e. The molecule has 2 unspecified atom stereocenters. The van der Waals surface area contributed by atoms with Gasteiger partial charge in [0.15, 0.2) is 0 Å². The first-order valence-electron chi connectivity index (χ1n) is 4.96. The Hall–Kier alpha value is -1.38. The summed E-state index contributed by atoms with van der Waals surface area (Å²) in [5.74, 6) is -2.01. The summed E-state index contributed by atoms with van der Waals surface area (Å²) in [6.45, 7) is 3.65. The summed E-state index contributed by atoms with van der Waals surface area (Å²) >= 11 is 0. The normalized spacial score (nSPS) is 14.9. The highest BCUT2D eigenvalue weighted by Gasteiger charge is 2.31. The van der Waals surface area contributed by atoms with Crippen LogP contribution in [0.25, 0.3) is 0 Å². The first-order chi connectivity index (χ1) is 7.04. The Balaban J connectivity index is 2.99. The largest absolute Gasteiger partial charge is 0.479 e. The van der Waals surface area contributed by atoms with Crippen LogP contribution in [0, 0.1) is 5.92 Å². The Kier molecular flexibility index (Phi) is 3.83. The quantitative estimate of drug-likeness (QED) is 0.829. The molecule has 1 aromatic rings. The average molecular weight is 210 g/mol. The zero-order valence-corrected chi connectivity index (χ0v) is 8.85. The number of benzene rings is 1. The molecule has 1 rings (SSSR count). The average Bonchev–Trinajstić information content (AvgIpc) is 2.18. The van der Waals surface area contributed by atoms with Crippen molar-refractivity contribution in [3.8, 4) is 0 Å². The third-order valence-electron chi connectivity index (χ3n) is 2.45. The lowest BCUT2D eigenvalue weighted by Gasteiger charge is -2.22. The molecule has 0 spiro atoms. The van der Waals surface area contributed by atoms with Crippen molar-refractivity contribution in [1.82, 2.24) is 0 Å². The van der Waals surface area contributed by atoms with E-state index in [0.29, 0.717) is 0 Å². The zero-order chi connectivity index (χ0) is 11.4. The van der Waals surface area contributed by atoms with Crippen molar-refractivity contribution in [2.75, 3.05) is 0 Å². The molecule has 3 heteroatoms. The van der Waals surface area contributed by atoms with Crippen LogP contribution in [0.3, 0.4) is 0 Å². The van der Waals surface area contributed by atoms with Gasteiger partial charge in [0.25, 0.3) is 0 Å². The van der Waals surface area contributed by atoms with Crippen molar-refractivity contribution >= 4 is 5.97 Å². The second-order valence-corrected chi connectivity index (χ2v) is 3.92. The molecule has 0 aliphatic carbocycles. The summed E-state index contributed by atoms with van der Waals surface area (Å²) < 4.78 is 13.5. The molecule has 1 N–H and O–H groups in total. The van der Waals surface area contributed by atoms with Gasteiger partial charge in [0, 0.05) is 5.92 Å². The second-order valence-electron chi connectivity index (χ2n) is 3.92. The van der Waals surface area contributed by atoms with Crippen molar-refractivity contribution in [3.05, 3.63) is 35.9 Å². The molecule has 0 saturated heterocycles. The molecular weight excluding hydrogens is 195 g/mol. The van der Waals surface area contributed by atoms with Crippen LogP contribution in [0.1, 0.15) is 25.3 Å². The Morgan fingerprint density at radius 3 is 2.20 bits per heavy atom. The van der Waals surface area contributed by atoms with E-state index < -0.39 is 18.1 Å². The molecule has 0 radical (unpaired) electrons. The van der Waals surface area contributed by atoms with E-state index in [-0.39, 0.29) is 5.92 Å². The van der Waals surface area contributed by atoms with Crippen LogP contribution < -0.4 is 0 Å². The predicted octanol–water partition coefficient (Wildman–Crippen LogP) is 2.85. The van der Waals surface area contributed by atoms with Gasteiger partial charge in [-0.05, 0) is 11.5 Å². The molecule has 82 valence electrons. The molecule has 0 fully saturated rings. The van der Waals surface area contributed by atoms with Crippen LogP contribution >= 0.6 is 0 Å². The minimum atomic E-state index is -1.84. The number of carbonyl (C=O) groups is 1. The summed E-state index contributed by atoms with van der Waals surface area (Å²) in [5.41, 5.74) is 0.738. The predicted molar refractivity (Wildman–Crippen MR) is 56.6 cm³/mol. The molecule has 1 aromatic carbocycles. The molecular formula is C12H15FO2. The SMILES string of the molecule is CC(C)C(c1ccccc1)C(F)C(=O)O. The van der Waals surface area contributed by atoms with Crippen LogP contribution in [0.4, 0.5) is 4.39 Å². The Morgan fingerprint density at radius 2 is 1.80 bits per heavy atom. The monoisotopic (exact) mass is 210 g/mol. The van der Waals surface area contributed by atoms with Gasteiger partial charge < -0.3 is 5.11 Å². The molecule has 2 nitrogen and oxygen atoms in total. The van der Waals surface area contributed by atoms with E-state index in [0.717, 1.165) is 5.56 Å². The van der Waals surface area contributed by atoms with Gasteiger partial charge in [-0.1, -0.05) is 44.2 Å². The summed E-state index contributed by atoms with van der Waals surface area (Å²) in [7, 11) is 0.